The molecule has 8 heteroatoms. The Hall–Kier alpha value is -3.16. The lowest BCUT2D eigenvalue weighted by molar-refractivity contribution is -0.118. The van der Waals surface area contributed by atoms with Crippen LogP contribution in [0.4, 0.5) is 11.5 Å². The number of rotatable bonds is 9. The summed E-state index contributed by atoms with van der Waals surface area (Å²) in [6, 6.07) is 6.96. The summed E-state index contributed by atoms with van der Waals surface area (Å²) in [4.78, 5) is 33.4. The SMILES string of the molecule is COc1ccc(NC(=O)CC(C)(C)c2ccc(OC)c(NC(=O)CC(C)C)n2)cn1. The third-order valence-corrected chi connectivity index (χ3v) is 4.45. The minimum atomic E-state index is -0.576. The fraction of sp³-hybridized carbons (Fsp3) is 0.455. The van der Waals surface area contributed by atoms with E-state index in [2.05, 4.69) is 20.6 Å². The molecule has 8 nitrogen and oxygen atoms in total. The first kappa shape index (κ1) is 23.1. The second kappa shape index (κ2) is 10.0. The van der Waals surface area contributed by atoms with Crippen molar-refractivity contribution in [3.63, 3.8) is 0 Å². The Morgan fingerprint density at radius 2 is 1.77 bits per heavy atom. The lowest BCUT2D eigenvalue weighted by atomic mass is 9.84. The minimum absolute atomic E-state index is 0.129. The van der Waals surface area contributed by atoms with Crippen molar-refractivity contribution >= 4 is 23.3 Å². The zero-order valence-corrected chi connectivity index (χ0v) is 18.4. The maximum absolute atomic E-state index is 12.6. The number of nitrogens with zero attached hydrogens (tertiary/aromatic N) is 2. The van der Waals surface area contributed by atoms with Gasteiger partial charge in [-0.05, 0) is 24.1 Å². The van der Waals surface area contributed by atoms with Crippen molar-refractivity contribution in [2.75, 3.05) is 24.9 Å². The highest BCUT2D eigenvalue weighted by molar-refractivity contribution is 5.92. The van der Waals surface area contributed by atoms with Gasteiger partial charge in [-0.15, -0.1) is 0 Å². The molecule has 0 bridgehead atoms. The molecule has 30 heavy (non-hydrogen) atoms. The summed E-state index contributed by atoms with van der Waals surface area (Å²) >= 11 is 0. The molecule has 0 aromatic carbocycles. The number of methoxy groups -OCH3 is 2. The largest absolute Gasteiger partial charge is 0.493 e. The van der Waals surface area contributed by atoms with E-state index < -0.39 is 5.41 Å². The Labute approximate surface area is 177 Å². The lowest BCUT2D eigenvalue weighted by Crippen LogP contribution is -2.27. The topological polar surface area (TPSA) is 102 Å². The van der Waals surface area contributed by atoms with Gasteiger partial charge in [0.1, 0.15) is 0 Å². The maximum Gasteiger partial charge on any atom is 0.225 e. The zero-order chi connectivity index (χ0) is 22.3. The monoisotopic (exact) mass is 414 g/mol. The van der Waals surface area contributed by atoms with Crippen LogP contribution < -0.4 is 20.1 Å². The van der Waals surface area contributed by atoms with Crippen LogP contribution in [0.15, 0.2) is 30.5 Å². The summed E-state index contributed by atoms with van der Waals surface area (Å²) < 4.78 is 10.3. The van der Waals surface area contributed by atoms with Crippen molar-refractivity contribution in [1.29, 1.82) is 0 Å². The highest BCUT2D eigenvalue weighted by atomic mass is 16.5. The molecule has 162 valence electrons. The Balaban J connectivity index is 2.14. The normalized spacial score (nSPS) is 11.2. The van der Waals surface area contributed by atoms with Crippen molar-refractivity contribution in [2.45, 2.75) is 46.0 Å². The number of carbonyl (C=O) groups is 2. The molecule has 0 aliphatic rings. The van der Waals surface area contributed by atoms with Gasteiger partial charge in [-0.1, -0.05) is 27.7 Å². The molecule has 0 aliphatic heterocycles. The number of nitrogens with one attached hydrogen (secondary N) is 2. The highest BCUT2D eigenvalue weighted by Crippen LogP contribution is 2.31. The van der Waals surface area contributed by atoms with Gasteiger partial charge in [0.2, 0.25) is 17.7 Å². The molecule has 0 atom stereocenters. The maximum atomic E-state index is 12.6. The molecule has 0 radical (unpaired) electrons. The van der Waals surface area contributed by atoms with E-state index in [9.17, 15) is 9.59 Å². The van der Waals surface area contributed by atoms with Gasteiger partial charge in [0.05, 0.1) is 26.1 Å². The Morgan fingerprint density at radius 1 is 1.03 bits per heavy atom. The van der Waals surface area contributed by atoms with E-state index in [1.54, 1.807) is 24.3 Å². The molecule has 0 saturated heterocycles. The Morgan fingerprint density at radius 3 is 2.33 bits per heavy atom. The van der Waals surface area contributed by atoms with Crippen LogP contribution in [0.2, 0.25) is 0 Å². The number of hydrogen-bond donors (Lipinski definition) is 2. The second-order valence-corrected chi connectivity index (χ2v) is 8.09. The fourth-order valence-electron chi connectivity index (χ4n) is 2.90. The number of anilines is 2. The molecule has 0 fully saturated rings. The summed E-state index contributed by atoms with van der Waals surface area (Å²) in [5.41, 5.74) is 0.681. The van der Waals surface area contributed by atoms with Crippen molar-refractivity contribution in [2.24, 2.45) is 5.92 Å². The van der Waals surface area contributed by atoms with Gasteiger partial charge < -0.3 is 20.1 Å². The molecule has 2 heterocycles. The van der Waals surface area contributed by atoms with Crippen LogP contribution in [0.1, 0.15) is 46.2 Å². The quantitative estimate of drug-likeness (QED) is 0.647. The molecule has 0 saturated carbocycles. The molecule has 2 N–H and O–H groups in total. The molecule has 2 rings (SSSR count). The third kappa shape index (κ3) is 6.43. The number of pyridine rings is 2. The predicted molar refractivity (Wildman–Crippen MR) is 116 cm³/mol. The molecule has 2 aromatic heterocycles. The van der Waals surface area contributed by atoms with Crippen LogP contribution in [-0.4, -0.2) is 36.0 Å². The van der Waals surface area contributed by atoms with E-state index in [1.165, 1.54) is 20.4 Å². The average molecular weight is 415 g/mol. The minimum Gasteiger partial charge on any atom is -0.493 e. The van der Waals surface area contributed by atoms with E-state index in [-0.39, 0.29) is 24.2 Å². The van der Waals surface area contributed by atoms with Crippen LogP contribution in [0, 0.1) is 5.92 Å². The molecule has 2 aromatic rings. The molecule has 0 aliphatic carbocycles. The number of ether oxygens (including phenoxy) is 2. The molecule has 2 amide bonds. The molecular formula is C22H30N4O4. The Bertz CT molecular complexity index is 879. The van der Waals surface area contributed by atoms with Crippen molar-refractivity contribution < 1.29 is 19.1 Å². The molecule has 0 spiro atoms. The van der Waals surface area contributed by atoms with Gasteiger partial charge in [0.15, 0.2) is 11.6 Å². The fourth-order valence-corrected chi connectivity index (χ4v) is 2.90. The first-order chi connectivity index (χ1) is 14.1. The first-order valence-corrected chi connectivity index (χ1v) is 9.80. The summed E-state index contributed by atoms with van der Waals surface area (Å²) in [5, 5.41) is 5.64. The average Bonchev–Trinajstić information content (AvgIpc) is 2.67. The van der Waals surface area contributed by atoms with Gasteiger partial charge in [-0.25, -0.2) is 9.97 Å². The van der Waals surface area contributed by atoms with Crippen LogP contribution in [-0.2, 0) is 15.0 Å². The van der Waals surface area contributed by atoms with Gasteiger partial charge in [0, 0.05) is 30.0 Å². The predicted octanol–water partition coefficient (Wildman–Crippen LogP) is 3.78. The standard InChI is InChI=1S/C22H30N4O4/c1-14(2)11-18(27)26-21-16(29-5)8-9-17(25-21)22(3,4)12-19(28)24-15-7-10-20(30-6)23-13-15/h7-10,13-14H,11-12H2,1-6H3,(H,24,28)(H,25,26,27). The lowest BCUT2D eigenvalue weighted by Gasteiger charge is -2.24. The first-order valence-electron chi connectivity index (χ1n) is 9.80. The summed E-state index contributed by atoms with van der Waals surface area (Å²) in [6.07, 6.45) is 2.12. The Kier molecular flexibility index (Phi) is 7.74. The van der Waals surface area contributed by atoms with E-state index in [0.717, 1.165) is 0 Å². The van der Waals surface area contributed by atoms with E-state index in [4.69, 9.17) is 9.47 Å². The van der Waals surface area contributed by atoms with E-state index in [1.807, 2.05) is 27.7 Å². The summed E-state index contributed by atoms with van der Waals surface area (Å²) in [7, 11) is 3.06. The summed E-state index contributed by atoms with van der Waals surface area (Å²) in [6.45, 7) is 7.79. The van der Waals surface area contributed by atoms with E-state index in [0.29, 0.717) is 35.2 Å². The number of hydrogen-bond acceptors (Lipinski definition) is 6. The smallest absolute Gasteiger partial charge is 0.225 e. The van der Waals surface area contributed by atoms with E-state index >= 15 is 0 Å². The number of carbonyl (C=O) groups excluding carboxylic acids is 2. The van der Waals surface area contributed by atoms with Gasteiger partial charge >= 0.3 is 0 Å². The zero-order valence-electron chi connectivity index (χ0n) is 18.4. The van der Waals surface area contributed by atoms with Crippen LogP contribution in [0.25, 0.3) is 0 Å². The van der Waals surface area contributed by atoms with Gasteiger partial charge in [-0.2, -0.15) is 0 Å². The summed E-state index contributed by atoms with van der Waals surface area (Å²) in [5.74, 6) is 1.23. The van der Waals surface area contributed by atoms with Crippen molar-refractivity contribution in [1.82, 2.24) is 9.97 Å². The second-order valence-electron chi connectivity index (χ2n) is 8.09. The van der Waals surface area contributed by atoms with Crippen LogP contribution >= 0.6 is 0 Å². The molecule has 0 unspecified atom stereocenters. The molecular weight excluding hydrogens is 384 g/mol. The van der Waals surface area contributed by atoms with Crippen molar-refractivity contribution in [3.8, 4) is 11.6 Å². The third-order valence-electron chi connectivity index (χ3n) is 4.45. The van der Waals surface area contributed by atoms with Crippen molar-refractivity contribution in [3.05, 3.63) is 36.2 Å². The highest BCUT2D eigenvalue weighted by Gasteiger charge is 2.27. The van der Waals surface area contributed by atoms with Gasteiger partial charge in [0.25, 0.3) is 0 Å². The number of aromatic nitrogens is 2. The number of amides is 2. The van der Waals surface area contributed by atoms with Crippen LogP contribution in [0.5, 0.6) is 11.6 Å². The van der Waals surface area contributed by atoms with Crippen LogP contribution in [0.3, 0.4) is 0 Å². The van der Waals surface area contributed by atoms with Gasteiger partial charge in [-0.3, -0.25) is 9.59 Å².